The highest BCUT2D eigenvalue weighted by atomic mass is 32.2. The number of urea groups is 1. The van der Waals surface area contributed by atoms with Crippen molar-refractivity contribution in [2.45, 2.75) is 17.6 Å². The minimum Gasteiger partial charge on any atom is -0.384 e. The Morgan fingerprint density at radius 1 is 1.14 bits per heavy atom. The molecular weight excluding hydrogens is 497 g/mol. The first-order chi connectivity index (χ1) is 16.6. The molecule has 2 aromatic heterocycles. The normalized spacial score (nSPS) is 12.9. The Morgan fingerprint density at radius 3 is 2.66 bits per heavy atom. The molecule has 1 aliphatic heterocycles. The number of H-pyrrole nitrogens is 1. The number of amides is 2. The third-order valence-electron chi connectivity index (χ3n) is 5.53. The Morgan fingerprint density at radius 2 is 1.94 bits per heavy atom. The van der Waals surface area contributed by atoms with E-state index in [1.807, 2.05) is 4.72 Å². The number of aryl methyl sites for hydroxylation is 1. The fourth-order valence-corrected chi connectivity index (χ4v) is 6.15. The van der Waals surface area contributed by atoms with Crippen LogP contribution in [0.15, 0.2) is 56.3 Å². The van der Waals surface area contributed by atoms with Crippen molar-refractivity contribution in [3.63, 3.8) is 0 Å². The van der Waals surface area contributed by atoms with Crippen LogP contribution in [0.4, 0.5) is 20.6 Å². The molecule has 4 N–H and O–H groups in total. The van der Waals surface area contributed by atoms with Gasteiger partial charge in [0.05, 0.1) is 16.6 Å². The molecule has 180 valence electrons. The van der Waals surface area contributed by atoms with Gasteiger partial charge in [0.25, 0.3) is 15.6 Å². The minimum atomic E-state index is -4.09. The van der Waals surface area contributed by atoms with Crippen molar-refractivity contribution in [1.29, 1.82) is 0 Å². The zero-order valence-electron chi connectivity index (χ0n) is 18.1. The van der Waals surface area contributed by atoms with Crippen LogP contribution in [0.25, 0.3) is 16.6 Å². The van der Waals surface area contributed by atoms with E-state index < -0.39 is 33.1 Å². The van der Waals surface area contributed by atoms with Crippen LogP contribution in [-0.4, -0.2) is 30.5 Å². The monoisotopic (exact) mass is 515 g/mol. The molecule has 35 heavy (non-hydrogen) atoms. The average molecular weight is 516 g/mol. The third-order valence-corrected chi connectivity index (χ3v) is 8.35. The summed E-state index contributed by atoms with van der Waals surface area (Å²) in [6.45, 7) is 2.41. The largest absolute Gasteiger partial charge is 0.384 e. The van der Waals surface area contributed by atoms with Crippen molar-refractivity contribution in [1.82, 2.24) is 14.3 Å². The highest BCUT2D eigenvalue weighted by Gasteiger charge is 2.21. The maximum Gasteiger partial charge on any atom is 0.333 e. The van der Waals surface area contributed by atoms with Crippen LogP contribution in [-0.2, 0) is 16.4 Å². The fourth-order valence-electron chi connectivity index (χ4n) is 3.96. The molecule has 0 unspecified atom stereocenters. The number of rotatable bonds is 4. The zero-order chi connectivity index (χ0) is 24.9. The maximum absolute atomic E-state index is 15.0. The Bertz CT molecular complexity index is 1740. The molecule has 0 atom stereocenters. The van der Waals surface area contributed by atoms with Crippen LogP contribution in [0.5, 0.6) is 0 Å². The molecule has 0 radical (unpaired) electrons. The Hall–Kier alpha value is -3.97. The van der Waals surface area contributed by atoms with Gasteiger partial charge in [-0.3, -0.25) is 4.79 Å². The molecule has 10 nitrogen and oxygen atoms in total. The van der Waals surface area contributed by atoms with Crippen molar-refractivity contribution < 1.29 is 17.6 Å². The van der Waals surface area contributed by atoms with Crippen LogP contribution >= 0.6 is 11.3 Å². The maximum atomic E-state index is 15.0. The SMILES string of the molecule is Cc1ccc(S(=O)(=O)NC(=O)Nc2ccc(-n3c(=O)[nH]c4c5c(ccc4c3=O)NCC5)c(F)c2)s1. The number of sulfonamides is 1. The minimum absolute atomic E-state index is 0.0389. The summed E-state index contributed by atoms with van der Waals surface area (Å²) in [7, 11) is -4.09. The summed E-state index contributed by atoms with van der Waals surface area (Å²) < 4.78 is 42.0. The number of hydrogen-bond acceptors (Lipinski definition) is 7. The lowest BCUT2D eigenvalue weighted by atomic mass is 10.1. The van der Waals surface area contributed by atoms with Gasteiger partial charge in [0.2, 0.25) is 0 Å². The van der Waals surface area contributed by atoms with E-state index in [1.54, 1.807) is 25.1 Å². The number of aromatic nitrogens is 2. The molecular formula is C22H18FN5O5S2. The van der Waals surface area contributed by atoms with Crippen LogP contribution in [0.1, 0.15) is 10.4 Å². The van der Waals surface area contributed by atoms with E-state index in [1.165, 1.54) is 12.1 Å². The Balaban J connectivity index is 1.44. The van der Waals surface area contributed by atoms with Gasteiger partial charge in [0.15, 0.2) is 0 Å². The number of anilines is 2. The first kappa shape index (κ1) is 22.8. The van der Waals surface area contributed by atoms with E-state index in [2.05, 4.69) is 15.6 Å². The lowest BCUT2D eigenvalue weighted by molar-refractivity contribution is 0.256. The number of nitrogens with one attached hydrogen (secondary N) is 4. The van der Waals surface area contributed by atoms with Gasteiger partial charge in [-0.2, -0.15) is 0 Å². The van der Waals surface area contributed by atoms with E-state index >= 15 is 0 Å². The molecule has 0 fully saturated rings. The van der Waals surface area contributed by atoms with Gasteiger partial charge in [0.1, 0.15) is 10.0 Å². The molecule has 2 amide bonds. The predicted molar refractivity (Wildman–Crippen MR) is 131 cm³/mol. The van der Waals surface area contributed by atoms with Gasteiger partial charge in [-0.05, 0) is 55.8 Å². The second-order valence-corrected chi connectivity index (χ2v) is 11.0. The van der Waals surface area contributed by atoms with Gasteiger partial charge in [-0.15, -0.1) is 11.3 Å². The number of halogens is 1. The molecule has 0 aliphatic carbocycles. The first-order valence-electron chi connectivity index (χ1n) is 10.4. The van der Waals surface area contributed by atoms with Gasteiger partial charge in [-0.1, -0.05) is 0 Å². The summed E-state index contributed by atoms with van der Waals surface area (Å²) in [5.41, 5.74) is 0.186. The topological polar surface area (TPSA) is 142 Å². The summed E-state index contributed by atoms with van der Waals surface area (Å²) in [5, 5.41) is 5.64. The molecule has 13 heteroatoms. The van der Waals surface area contributed by atoms with Crippen molar-refractivity contribution in [2.75, 3.05) is 17.2 Å². The molecule has 4 aromatic rings. The fraction of sp³-hybridized carbons (Fsp3) is 0.136. The molecule has 0 bridgehead atoms. The molecule has 1 aliphatic rings. The highest BCUT2D eigenvalue weighted by molar-refractivity contribution is 7.92. The highest BCUT2D eigenvalue weighted by Crippen LogP contribution is 2.27. The number of nitrogens with zero attached hydrogens (tertiary/aromatic N) is 1. The molecule has 0 spiro atoms. The number of thiophene rings is 1. The van der Waals surface area contributed by atoms with Crippen molar-refractivity contribution in [3.8, 4) is 5.69 Å². The smallest absolute Gasteiger partial charge is 0.333 e. The zero-order valence-corrected chi connectivity index (χ0v) is 19.8. The van der Waals surface area contributed by atoms with Crippen molar-refractivity contribution >= 4 is 49.7 Å². The van der Waals surface area contributed by atoms with Crippen molar-refractivity contribution in [2.24, 2.45) is 0 Å². The van der Waals surface area contributed by atoms with Gasteiger partial charge >= 0.3 is 11.7 Å². The Labute approximate surface area is 201 Å². The van der Waals surface area contributed by atoms with E-state index in [-0.39, 0.29) is 21.0 Å². The molecule has 0 saturated heterocycles. The van der Waals surface area contributed by atoms with E-state index in [4.69, 9.17) is 0 Å². The lowest BCUT2D eigenvalue weighted by Crippen LogP contribution is -2.35. The molecule has 2 aromatic carbocycles. The number of aromatic amines is 1. The quantitative estimate of drug-likeness (QED) is 0.329. The van der Waals surface area contributed by atoms with Crippen molar-refractivity contribution in [3.05, 3.63) is 79.6 Å². The molecule has 5 rings (SSSR count). The standard InChI is InChI=1S/C22H18FN5O5S2/c1-11-2-7-18(34-11)35(32,33)27-21(30)25-12-3-6-17(15(23)10-12)28-20(29)14-4-5-16-13(8-9-24-16)19(14)26-22(28)31/h2-7,10,24H,8-9H2,1H3,(H,26,31)(H2,25,27,30). The summed E-state index contributed by atoms with van der Waals surface area (Å²) in [6, 6.07) is 8.48. The summed E-state index contributed by atoms with van der Waals surface area (Å²) in [5.74, 6) is -0.964. The number of carbonyl (C=O) groups is 1. The van der Waals surface area contributed by atoms with Crippen LogP contribution in [0.3, 0.4) is 0 Å². The van der Waals surface area contributed by atoms with E-state index in [0.29, 0.717) is 23.0 Å². The second-order valence-electron chi connectivity index (χ2n) is 7.85. The number of benzene rings is 2. The van der Waals surface area contributed by atoms with Gasteiger partial charge in [0, 0.05) is 28.4 Å². The second kappa shape index (κ2) is 8.36. The summed E-state index contributed by atoms with van der Waals surface area (Å²) >= 11 is 0.996. The molecule has 3 heterocycles. The van der Waals surface area contributed by atoms with Crippen LogP contribution in [0.2, 0.25) is 0 Å². The summed E-state index contributed by atoms with van der Waals surface area (Å²) in [4.78, 5) is 41.4. The number of fused-ring (bicyclic) bond motifs is 3. The number of carbonyl (C=O) groups excluding carboxylic acids is 1. The Kier molecular flexibility index (Phi) is 5.44. The van der Waals surface area contributed by atoms with E-state index in [9.17, 15) is 27.2 Å². The average Bonchev–Trinajstić information content (AvgIpc) is 3.44. The van der Waals surface area contributed by atoms with Crippen LogP contribution in [0, 0.1) is 12.7 Å². The molecule has 0 saturated carbocycles. The van der Waals surface area contributed by atoms with Gasteiger partial charge < -0.3 is 15.6 Å². The van der Waals surface area contributed by atoms with Crippen LogP contribution < -0.4 is 26.6 Å². The summed E-state index contributed by atoms with van der Waals surface area (Å²) in [6.07, 6.45) is 0.644. The lowest BCUT2D eigenvalue weighted by Gasteiger charge is -2.12. The van der Waals surface area contributed by atoms with Gasteiger partial charge in [-0.25, -0.2) is 31.7 Å². The third kappa shape index (κ3) is 4.08. The van der Waals surface area contributed by atoms with E-state index in [0.717, 1.165) is 39.6 Å². The first-order valence-corrected chi connectivity index (χ1v) is 12.7. The number of hydrogen-bond donors (Lipinski definition) is 4. The predicted octanol–water partition coefficient (Wildman–Crippen LogP) is 2.67.